The summed E-state index contributed by atoms with van der Waals surface area (Å²) in [4.78, 5) is 24.1. The van der Waals surface area contributed by atoms with Gasteiger partial charge in [0.1, 0.15) is 23.0 Å². The quantitative estimate of drug-likeness (QED) is 0.281. The molecule has 0 unspecified atom stereocenters. The van der Waals surface area contributed by atoms with Gasteiger partial charge in [-0.15, -0.1) is 0 Å². The van der Waals surface area contributed by atoms with Gasteiger partial charge in [0.15, 0.2) is 11.6 Å². The second kappa shape index (κ2) is 9.62. The van der Waals surface area contributed by atoms with Crippen LogP contribution in [0, 0.1) is 0 Å². The molecule has 0 radical (unpaired) electrons. The molecule has 6 heteroatoms. The van der Waals surface area contributed by atoms with Crippen LogP contribution in [-0.4, -0.2) is 32.0 Å². The Morgan fingerprint density at radius 1 is 0.593 bits per heavy atom. The van der Waals surface area contributed by atoms with Gasteiger partial charge < -0.3 is 20.4 Å². The number of ketones is 2. The lowest BCUT2D eigenvalue weighted by molar-refractivity contribution is 0.0970. The summed E-state index contributed by atoms with van der Waals surface area (Å²) >= 11 is 0. The zero-order chi connectivity index (χ0) is 19.8. The van der Waals surface area contributed by atoms with Crippen molar-refractivity contribution in [2.24, 2.45) is 0 Å². The lowest BCUT2D eigenvalue weighted by Crippen LogP contribution is -2.00. The number of carbonyl (C=O) groups excluding carboxylic acids is 2. The van der Waals surface area contributed by atoms with E-state index in [1.807, 2.05) is 0 Å². The molecule has 0 aliphatic carbocycles. The molecule has 0 heterocycles. The smallest absolute Gasteiger partial charge is 0.166 e. The van der Waals surface area contributed by atoms with Crippen LogP contribution in [0.4, 0.5) is 0 Å². The molecule has 0 amide bonds. The summed E-state index contributed by atoms with van der Waals surface area (Å²) in [5.41, 5.74) is 0.262. The van der Waals surface area contributed by atoms with Gasteiger partial charge in [-0.3, -0.25) is 9.59 Å². The Balaban J connectivity index is 1.65. The van der Waals surface area contributed by atoms with Crippen LogP contribution in [0.2, 0.25) is 0 Å². The Morgan fingerprint density at radius 3 is 1.37 bits per heavy atom. The predicted octanol–water partition coefficient (Wildman–Crippen LogP) is 4.31. The number of hydrogen-bond acceptors (Lipinski definition) is 6. The number of rotatable bonds is 10. The third-order valence-corrected chi connectivity index (χ3v) is 4.37. The number of aromatic hydroxyl groups is 4. The van der Waals surface area contributed by atoms with Crippen molar-refractivity contribution in [3.8, 4) is 23.0 Å². The first-order valence-corrected chi connectivity index (χ1v) is 8.99. The third kappa shape index (κ3) is 6.02. The first kappa shape index (κ1) is 20.3. The van der Waals surface area contributed by atoms with Gasteiger partial charge in [0.2, 0.25) is 0 Å². The van der Waals surface area contributed by atoms with Crippen LogP contribution >= 0.6 is 0 Å². The molecular weight excluding hydrogens is 348 g/mol. The molecule has 2 rings (SSSR count). The van der Waals surface area contributed by atoms with E-state index in [1.165, 1.54) is 36.4 Å². The summed E-state index contributed by atoms with van der Waals surface area (Å²) in [5.74, 6) is -0.800. The van der Waals surface area contributed by atoms with Gasteiger partial charge in [0.05, 0.1) is 11.1 Å². The Labute approximate surface area is 157 Å². The predicted molar refractivity (Wildman–Crippen MR) is 101 cm³/mol. The first-order chi connectivity index (χ1) is 12.9. The van der Waals surface area contributed by atoms with E-state index < -0.39 is 0 Å². The molecule has 6 nitrogen and oxygen atoms in total. The first-order valence-electron chi connectivity index (χ1n) is 8.99. The number of carbonyl (C=O) groups is 2. The molecular formula is C21H24O6. The molecule has 0 fully saturated rings. The van der Waals surface area contributed by atoms with Crippen molar-refractivity contribution in [3.63, 3.8) is 0 Å². The molecule has 4 N–H and O–H groups in total. The maximum absolute atomic E-state index is 12.1. The SMILES string of the molecule is O=C(CCCCCCCC(=O)c1cc(O)ccc1O)c1cc(O)ccc1O. The fourth-order valence-electron chi connectivity index (χ4n) is 2.87. The molecule has 0 saturated heterocycles. The molecule has 0 saturated carbocycles. The van der Waals surface area contributed by atoms with Crippen molar-refractivity contribution in [2.75, 3.05) is 0 Å². The lowest BCUT2D eigenvalue weighted by atomic mass is 10.0. The second-order valence-corrected chi connectivity index (χ2v) is 6.52. The summed E-state index contributed by atoms with van der Waals surface area (Å²) in [7, 11) is 0. The molecule has 27 heavy (non-hydrogen) atoms. The Bertz CT molecular complexity index is 745. The van der Waals surface area contributed by atoms with Crippen LogP contribution in [0.25, 0.3) is 0 Å². The third-order valence-electron chi connectivity index (χ3n) is 4.37. The summed E-state index contributed by atoms with van der Waals surface area (Å²) in [5, 5.41) is 38.1. The second-order valence-electron chi connectivity index (χ2n) is 6.52. The van der Waals surface area contributed by atoms with Gasteiger partial charge in [-0.1, -0.05) is 19.3 Å². The summed E-state index contributed by atoms with van der Waals surface area (Å²) in [6, 6.07) is 7.77. The van der Waals surface area contributed by atoms with Gasteiger partial charge in [0, 0.05) is 12.8 Å². The highest BCUT2D eigenvalue weighted by molar-refractivity contribution is 5.99. The van der Waals surface area contributed by atoms with Crippen LogP contribution in [0.15, 0.2) is 36.4 Å². The summed E-state index contributed by atoms with van der Waals surface area (Å²) in [6.45, 7) is 0. The number of hydrogen-bond donors (Lipinski definition) is 4. The van der Waals surface area contributed by atoms with E-state index in [2.05, 4.69) is 0 Å². The Kier molecular flexibility index (Phi) is 7.23. The highest BCUT2D eigenvalue weighted by atomic mass is 16.3. The Hall–Kier alpha value is -3.02. The lowest BCUT2D eigenvalue weighted by Gasteiger charge is -2.06. The van der Waals surface area contributed by atoms with Crippen LogP contribution < -0.4 is 0 Å². The number of unbranched alkanes of at least 4 members (excludes halogenated alkanes) is 4. The normalized spacial score (nSPS) is 10.7. The average Bonchev–Trinajstić information content (AvgIpc) is 2.64. The molecule has 0 spiro atoms. The van der Waals surface area contributed by atoms with Crippen LogP contribution in [0.5, 0.6) is 23.0 Å². The van der Waals surface area contributed by atoms with Crippen molar-refractivity contribution in [1.29, 1.82) is 0 Å². The topological polar surface area (TPSA) is 115 Å². The highest BCUT2D eigenvalue weighted by Crippen LogP contribution is 2.25. The monoisotopic (exact) mass is 372 g/mol. The van der Waals surface area contributed by atoms with Gasteiger partial charge in [-0.05, 0) is 49.2 Å². The van der Waals surface area contributed by atoms with E-state index in [4.69, 9.17) is 0 Å². The fraction of sp³-hybridized carbons (Fsp3) is 0.333. The van der Waals surface area contributed by atoms with E-state index in [0.717, 1.165) is 19.3 Å². The number of Topliss-reactive ketones (excluding diaryl/α,β-unsaturated/α-hetero) is 2. The maximum Gasteiger partial charge on any atom is 0.166 e. The zero-order valence-electron chi connectivity index (χ0n) is 15.0. The molecule has 0 aliphatic rings. The number of phenolic OH excluding ortho intramolecular Hbond substituents is 4. The van der Waals surface area contributed by atoms with Gasteiger partial charge in [-0.25, -0.2) is 0 Å². The van der Waals surface area contributed by atoms with E-state index in [1.54, 1.807) is 0 Å². The molecule has 144 valence electrons. The summed E-state index contributed by atoms with van der Waals surface area (Å²) in [6.07, 6.45) is 4.39. The molecule has 2 aromatic carbocycles. The minimum Gasteiger partial charge on any atom is -0.508 e. The van der Waals surface area contributed by atoms with Crippen molar-refractivity contribution in [1.82, 2.24) is 0 Å². The molecule has 0 aliphatic heterocycles. The molecule has 0 atom stereocenters. The van der Waals surface area contributed by atoms with Crippen molar-refractivity contribution < 1.29 is 30.0 Å². The molecule has 2 aromatic rings. The van der Waals surface area contributed by atoms with E-state index in [9.17, 15) is 30.0 Å². The summed E-state index contributed by atoms with van der Waals surface area (Å²) < 4.78 is 0. The minimum atomic E-state index is -0.210. The number of benzene rings is 2. The highest BCUT2D eigenvalue weighted by Gasteiger charge is 2.13. The standard InChI is InChI=1S/C21H24O6/c22-14-8-10-20(26)16(12-14)18(24)6-4-2-1-3-5-7-19(25)17-13-15(23)9-11-21(17)27/h8-13,22-23,26-27H,1-7H2. The van der Waals surface area contributed by atoms with Crippen LogP contribution in [0.1, 0.15) is 65.7 Å². The minimum absolute atomic E-state index is 0.0569. The van der Waals surface area contributed by atoms with Crippen LogP contribution in [0.3, 0.4) is 0 Å². The van der Waals surface area contributed by atoms with Crippen LogP contribution in [-0.2, 0) is 0 Å². The zero-order valence-corrected chi connectivity index (χ0v) is 15.0. The fourth-order valence-corrected chi connectivity index (χ4v) is 2.87. The Morgan fingerprint density at radius 2 is 0.963 bits per heavy atom. The van der Waals surface area contributed by atoms with E-state index >= 15 is 0 Å². The van der Waals surface area contributed by atoms with Crippen molar-refractivity contribution >= 4 is 11.6 Å². The van der Waals surface area contributed by atoms with E-state index in [-0.39, 0.29) is 58.5 Å². The largest absolute Gasteiger partial charge is 0.508 e. The van der Waals surface area contributed by atoms with E-state index in [0.29, 0.717) is 12.8 Å². The van der Waals surface area contributed by atoms with Crippen molar-refractivity contribution in [2.45, 2.75) is 44.9 Å². The van der Waals surface area contributed by atoms with Gasteiger partial charge in [0.25, 0.3) is 0 Å². The maximum atomic E-state index is 12.1. The van der Waals surface area contributed by atoms with Gasteiger partial charge in [-0.2, -0.15) is 0 Å². The van der Waals surface area contributed by atoms with Gasteiger partial charge >= 0.3 is 0 Å². The molecule has 0 bridgehead atoms. The number of phenols is 4. The average molecular weight is 372 g/mol. The molecule has 0 aromatic heterocycles. The van der Waals surface area contributed by atoms with Crippen molar-refractivity contribution in [3.05, 3.63) is 47.5 Å².